The Kier molecular flexibility index (Phi) is 16.4. The lowest BCUT2D eigenvalue weighted by Gasteiger charge is -2.59. The number of aliphatic hydroxyl groups is 2. The van der Waals surface area contributed by atoms with Crippen LogP contribution in [0, 0.1) is 34.8 Å². The largest absolute Gasteiger partial charge is 0.487 e. The number of hydrogen-bond acceptors (Lipinski definition) is 14. The molecule has 0 radical (unpaired) electrons. The van der Waals surface area contributed by atoms with E-state index >= 15 is 0 Å². The molecule has 8 rings (SSSR count). The normalized spacial score (nSPS) is 22.4. The van der Waals surface area contributed by atoms with Gasteiger partial charge in [0.1, 0.15) is 37.4 Å². The summed E-state index contributed by atoms with van der Waals surface area (Å²) in [6, 6.07) is 22.3. The third-order valence-electron chi connectivity index (χ3n) is 13.2. The maximum Gasteiger partial charge on any atom is 0.410 e. The number of oxime groups is 1. The number of fused-ring (bicyclic) bond motifs is 3. The maximum atomic E-state index is 14.8. The minimum absolute atomic E-state index is 0.00383. The summed E-state index contributed by atoms with van der Waals surface area (Å²) in [5, 5.41) is 36.4. The minimum Gasteiger partial charge on any atom is -0.487 e. The average molecular weight is 968 g/mol. The third kappa shape index (κ3) is 11.1. The summed E-state index contributed by atoms with van der Waals surface area (Å²) in [5.41, 5.74) is 5.28. The fraction of sp³-hybridized carbons (Fsp3) is 0.442. The van der Waals surface area contributed by atoms with Gasteiger partial charge in [0.15, 0.2) is 11.5 Å². The number of alkyl halides is 1. The summed E-state index contributed by atoms with van der Waals surface area (Å²) in [6.45, 7) is 6.41. The van der Waals surface area contributed by atoms with Crippen LogP contribution in [0.25, 0.3) is 0 Å². The van der Waals surface area contributed by atoms with Crippen molar-refractivity contribution in [1.82, 2.24) is 9.88 Å². The molecule has 16 nitrogen and oxygen atoms in total. The molecule has 366 valence electrons. The number of benzene rings is 3. The number of pyridine rings is 1. The van der Waals surface area contributed by atoms with E-state index in [1.807, 2.05) is 55.5 Å². The number of amides is 1. The first-order valence-corrected chi connectivity index (χ1v) is 24.1. The van der Waals surface area contributed by atoms with Gasteiger partial charge in [-0.3, -0.25) is 20.0 Å². The first-order chi connectivity index (χ1) is 33.7. The van der Waals surface area contributed by atoms with Crippen LogP contribution in [0.3, 0.4) is 0 Å². The highest BCUT2D eigenvalue weighted by atomic mass is 35.5. The second-order valence-electron chi connectivity index (χ2n) is 17.6. The SMILES string of the molecule is C=CCO[C@@]12Oc3ccc(OCc4cccc(C)n4)cc3[C@H]3[C@H](CCCCO)[C@@H](CCCCO)C=C(C(=NOCc4ccc([N+](=O)[O-])cc4)C[C@@H]1N(Cc1ccc4c(c1)OCO4)C(=O)OCCCl)[C@H]32. The molecule has 0 bridgehead atoms. The lowest BCUT2D eigenvalue weighted by atomic mass is 9.55. The van der Waals surface area contributed by atoms with Gasteiger partial charge in [-0.05, 0) is 116 Å². The predicted molar refractivity (Wildman–Crippen MR) is 256 cm³/mol. The van der Waals surface area contributed by atoms with Gasteiger partial charge in [0.2, 0.25) is 12.6 Å². The van der Waals surface area contributed by atoms with Gasteiger partial charge in [0, 0.05) is 55.5 Å². The quantitative estimate of drug-likeness (QED) is 0.0235. The smallest absolute Gasteiger partial charge is 0.410 e. The van der Waals surface area contributed by atoms with Gasteiger partial charge in [-0.15, -0.1) is 18.2 Å². The first-order valence-electron chi connectivity index (χ1n) is 23.5. The van der Waals surface area contributed by atoms with Gasteiger partial charge in [-0.1, -0.05) is 42.3 Å². The molecule has 17 heteroatoms. The van der Waals surface area contributed by atoms with Crippen LogP contribution >= 0.6 is 11.6 Å². The number of aryl methyl sites for hydroxylation is 1. The maximum absolute atomic E-state index is 14.8. The summed E-state index contributed by atoms with van der Waals surface area (Å²) in [6.07, 6.45) is 7.54. The number of carbonyl (C=O) groups is 1. The second kappa shape index (κ2) is 22.9. The zero-order chi connectivity index (χ0) is 48.3. The molecule has 0 saturated heterocycles. The number of ether oxygens (including phenoxy) is 6. The summed E-state index contributed by atoms with van der Waals surface area (Å²) in [5.74, 6) is -0.227. The average Bonchev–Trinajstić information content (AvgIpc) is 3.83. The number of nitro benzene ring substituents is 1. The third-order valence-corrected chi connectivity index (χ3v) is 13.4. The molecule has 2 aliphatic carbocycles. The van der Waals surface area contributed by atoms with Crippen LogP contribution < -0.4 is 18.9 Å². The van der Waals surface area contributed by atoms with Crippen molar-refractivity contribution in [2.24, 2.45) is 22.9 Å². The van der Waals surface area contributed by atoms with Crippen molar-refractivity contribution in [3.05, 3.63) is 141 Å². The summed E-state index contributed by atoms with van der Waals surface area (Å²) in [7, 11) is 0. The molecule has 1 saturated carbocycles. The van der Waals surface area contributed by atoms with Crippen LogP contribution in [0.1, 0.15) is 78.9 Å². The number of unbranched alkanes of at least 4 members (excludes halogenated alkanes) is 2. The van der Waals surface area contributed by atoms with Gasteiger partial charge < -0.3 is 43.5 Å². The topological polar surface area (TPSA) is 194 Å². The molecule has 0 unspecified atom stereocenters. The number of aliphatic hydroxyl groups excluding tert-OH is 2. The molecule has 1 fully saturated rings. The van der Waals surface area contributed by atoms with Crippen LogP contribution in [0.15, 0.2) is 108 Å². The lowest BCUT2D eigenvalue weighted by Crippen LogP contribution is -2.70. The van der Waals surface area contributed by atoms with Crippen molar-refractivity contribution < 1.29 is 53.2 Å². The molecule has 69 heavy (non-hydrogen) atoms. The molecular weight excluding hydrogens is 908 g/mol. The Hall–Kier alpha value is -6.20. The Morgan fingerprint density at radius 1 is 0.986 bits per heavy atom. The van der Waals surface area contributed by atoms with Crippen LogP contribution in [0.5, 0.6) is 23.0 Å². The zero-order valence-corrected chi connectivity index (χ0v) is 39.5. The van der Waals surface area contributed by atoms with E-state index in [1.54, 1.807) is 29.2 Å². The molecule has 0 spiro atoms. The number of hydrogen-bond donors (Lipinski definition) is 2. The van der Waals surface area contributed by atoms with E-state index in [1.165, 1.54) is 12.1 Å². The minimum atomic E-state index is -1.58. The zero-order valence-electron chi connectivity index (χ0n) is 38.7. The van der Waals surface area contributed by atoms with Gasteiger partial charge in [0.05, 0.1) is 34.7 Å². The second-order valence-corrected chi connectivity index (χ2v) is 18.0. The van der Waals surface area contributed by atoms with Gasteiger partial charge in [-0.2, -0.15) is 0 Å². The van der Waals surface area contributed by atoms with Crippen molar-refractivity contribution in [3.63, 3.8) is 0 Å². The van der Waals surface area contributed by atoms with Gasteiger partial charge in [0.25, 0.3) is 5.69 Å². The Labute approximate surface area is 406 Å². The fourth-order valence-corrected chi connectivity index (χ4v) is 10.3. The van der Waals surface area contributed by atoms with E-state index in [2.05, 4.69) is 17.6 Å². The molecule has 4 aliphatic rings. The molecule has 1 amide bonds. The van der Waals surface area contributed by atoms with Crippen LogP contribution in [0.2, 0.25) is 0 Å². The van der Waals surface area contributed by atoms with Crippen LogP contribution in [0.4, 0.5) is 10.5 Å². The molecular formula is C52H59ClN4O12. The van der Waals surface area contributed by atoms with E-state index in [9.17, 15) is 25.1 Å². The van der Waals surface area contributed by atoms with Crippen molar-refractivity contribution in [3.8, 4) is 23.0 Å². The number of rotatable bonds is 23. The highest BCUT2D eigenvalue weighted by Gasteiger charge is 2.65. The van der Waals surface area contributed by atoms with Crippen molar-refractivity contribution in [1.29, 1.82) is 0 Å². The van der Waals surface area contributed by atoms with Crippen molar-refractivity contribution >= 4 is 29.1 Å². The van der Waals surface area contributed by atoms with Gasteiger partial charge >= 0.3 is 6.09 Å². The standard InChI is InChI=1S/C52H59ClN4O12/c1-3-24-67-52-48(56(51(60)63-25-21-53)30-36-15-19-46-47(26-36)66-33-65-46)29-44(55-68-31-35-13-16-39(17-14-35)57(61)62)42-27-37(10-4-6-22-58)41(12-5-7-23-59)49(50(42)52)43-28-40(18-20-45(43)69-52)64-32-38-11-8-9-34(2)54-38/h3,8-9,11,13-20,26-28,37,41,48-50,58-59H,1,4-7,10,12,21-25,29-33H2,2H3/t37-,41+,48-,49+,50+,52+/m0/s1. The van der Waals surface area contributed by atoms with Gasteiger partial charge in [-0.25, -0.2) is 4.79 Å². The summed E-state index contributed by atoms with van der Waals surface area (Å²) in [4.78, 5) is 38.2. The Balaban J connectivity index is 1.31. The number of aromatic nitrogens is 1. The number of nitrogens with zero attached hydrogens (tertiary/aromatic N) is 4. The molecule has 3 heterocycles. The Morgan fingerprint density at radius 3 is 2.51 bits per heavy atom. The molecule has 2 aliphatic heterocycles. The predicted octanol–water partition coefficient (Wildman–Crippen LogP) is 9.32. The first kappa shape index (κ1) is 49.2. The van der Waals surface area contributed by atoms with E-state index in [4.69, 9.17) is 50.0 Å². The molecule has 4 aromatic rings. The lowest BCUT2D eigenvalue weighted by molar-refractivity contribution is -0.384. The highest BCUT2D eigenvalue weighted by Crippen LogP contribution is 2.62. The summed E-state index contributed by atoms with van der Waals surface area (Å²) >= 11 is 6.14. The number of non-ortho nitro benzene ring substituents is 1. The molecule has 1 aromatic heterocycles. The van der Waals surface area contributed by atoms with E-state index in [0.717, 1.165) is 53.8 Å². The van der Waals surface area contributed by atoms with Crippen LogP contribution in [-0.4, -0.2) is 87.8 Å². The number of halogens is 1. The van der Waals surface area contributed by atoms with Crippen molar-refractivity contribution in [2.45, 2.75) is 89.4 Å². The molecule has 3 aromatic carbocycles. The van der Waals surface area contributed by atoms with Crippen molar-refractivity contribution in [2.75, 3.05) is 39.1 Å². The van der Waals surface area contributed by atoms with Crippen LogP contribution in [-0.2, 0) is 34.1 Å². The monoisotopic (exact) mass is 966 g/mol. The number of nitro groups is 1. The Morgan fingerprint density at radius 2 is 1.75 bits per heavy atom. The highest BCUT2D eigenvalue weighted by molar-refractivity contribution is 6.18. The molecule has 6 atom stereocenters. The van der Waals surface area contributed by atoms with E-state index in [-0.39, 0.29) is 88.7 Å². The number of allylic oxidation sites excluding steroid dienone is 1. The molecule has 2 N–H and O–H groups in total. The fourth-order valence-electron chi connectivity index (χ4n) is 10.2. The summed E-state index contributed by atoms with van der Waals surface area (Å²) < 4.78 is 38.2. The Bertz CT molecular complexity index is 2500. The van der Waals surface area contributed by atoms with E-state index in [0.29, 0.717) is 47.1 Å². The van der Waals surface area contributed by atoms with E-state index < -0.39 is 28.8 Å². The number of carbonyl (C=O) groups excluding carboxylic acids is 1.